The number of ether oxygens (including phenoxy) is 1. The fourth-order valence-electron chi connectivity index (χ4n) is 6.73. The molecule has 2 bridgehead atoms. The highest BCUT2D eigenvalue weighted by Crippen LogP contribution is 2.71. The highest BCUT2D eigenvalue weighted by molar-refractivity contribution is 5.96. The minimum absolute atomic E-state index is 0.00537. The Balaban J connectivity index is 2.00. The number of aliphatic hydroxyl groups is 3. The minimum Gasteiger partial charge on any atom is -0.451 e. The van der Waals surface area contributed by atoms with Gasteiger partial charge in [0.2, 0.25) is 0 Å². The lowest BCUT2D eigenvalue weighted by Crippen LogP contribution is -2.66. The van der Waals surface area contributed by atoms with Crippen LogP contribution in [0, 0.1) is 46.8 Å². The Labute approximate surface area is 189 Å². The van der Waals surface area contributed by atoms with Crippen LogP contribution in [-0.2, 0) is 14.3 Å². The van der Waals surface area contributed by atoms with Gasteiger partial charge in [-0.15, -0.1) is 12.3 Å². The first-order chi connectivity index (χ1) is 14.9. The van der Waals surface area contributed by atoms with Crippen LogP contribution in [0.3, 0.4) is 0 Å². The van der Waals surface area contributed by atoms with Crippen molar-refractivity contribution in [2.24, 2.45) is 34.5 Å². The first-order valence-electron chi connectivity index (χ1n) is 11.2. The van der Waals surface area contributed by atoms with Crippen LogP contribution in [0.4, 0.5) is 0 Å². The molecule has 6 nitrogen and oxygen atoms in total. The molecule has 1 unspecified atom stereocenters. The molecule has 2 fully saturated rings. The second-order valence-corrected chi connectivity index (χ2v) is 10.4. The van der Waals surface area contributed by atoms with Gasteiger partial charge in [-0.2, -0.15) is 0 Å². The van der Waals surface area contributed by atoms with E-state index < -0.39 is 47.6 Å². The average Bonchev–Trinajstić information content (AvgIpc) is 3.28. The van der Waals surface area contributed by atoms with Gasteiger partial charge in [-0.3, -0.25) is 4.79 Å². The Hall–Kier alpha value is -2.20. The highest BCUT2D eigenvalue weighted by Gasteiger charge is 2.77. The zero-order chi connectivity index (χ0) is 23.8. The Bertz CT molecular complexity index is 1010. The van der Waals surface area contributed by atoms with Gasteiger partial charge in [0.15, 0.2) is 17.5 Å². The van der Waals surface area contributed by atoms with Crippen molar-refractivity contribution in [2.45, 2.75) is 58.8 Å². The molecule has 4 rings (SSSR count). The zero-order valence-electron chi connectivity index (χ0n) is 19.3. The second kappa shape index (κ2) is 7.15. The molecule has 8 atom stereocenters. The number of aliphatic hydroxyl groups excluding tert-OH is 2. The van der Waals surface area contributed by atoms with Crippen molar-refractivity contribution in [3.8, 4) is 12.3 Å². The van der Waals surface area contributed by atoms with E-state index in [-0.39, 0.29) is 28.6 Å². The first kappa shape index (κ1) is 23.0. The maximum absolute atomic E-state index is 14.2. The summed E-state index contributed by atoms with van der Waals surface area (Å²) in [4.78, 5) is 27.0. The zero-order valence-corrected chi connectivity index (χ0v) is 19.3. The average molecular weight is 441 g/mol. The number of fused-ring (bicyclic) bond motifs is 3. The number of carbonyl (C=O) groups excluding carboxylic acids is 2. The Morgan fingerprint density at radius 1 is 1.41 bits per heavy atom. The van der Waals surface area contributed by atoms with Crippen LogP contribution >= 0.6 is 0 Å². The molecule has 0 aromatic rings. The number of allylic oxidation sites excluding steroid dienone is 2. The molecule has 32 heavy (non-hydrogen) atoms. The highest BCUT2D eigenvalue weighted by atomic mass is 16.6. The predicted octanol–water partition coefficient (Wildman–Crippen LogP) is 1.95. The van der Waals surface area contributed by atoms with Crippen molar-refractivity contribution in [2.75, 3.05) is 6.61 Å². The predicted molar refractivity (Wildman–Crippen MR) is 118 cm³/mol. The van der Waals surface area contributed by atoms with Gasteiger partial charge < -0.3 is 20.1 Å². The summed E-state index contributed by atoms with van der Waals surface area (Å²) in [7, 11) is 0. The molecule has 2 saturated carbocycles. The van der Waals surface area contributed by atoms with Crippen LogP contribution in [0.5, 0.6) is 0 Å². The largest absolute Gasteiger partial charge is 0.451 e. The molecule has 3 N–H and O–H groups in total. The molecular weight excluding hydrogens is 408 g/mol. The van der Waals surface area contributed by atoms with E-state index in [1.807, 2.05) is 0 Å². The maximum atomic E-state index is 14.2. The van der Waals surface area contributed by atoms with Crippen molar-refractivity contribution in [1.29, 1.82) is 0 Å². The summed E-state index contributed by atoms with van der Waals surface area (Å²) >= 11 is 0. The molecule has 0 aliphatic heterocycles. The van der Waals surface area contributed by atoms with E-state index in [0.29, 0.717) is 17.6 Å². The lowest BCUT2D eigenvalue weighted by atomic mass is 9.58. The van der Waals surface area contributed by atoms with E-state index >= 15 is 0 Å². The maximum Gasteiger partial charge on any atom is 0.334 e. The number of esters is 1. The first-order valence-corrected chi connectivity index (χ1v) is 11.2. The van der Waals surface area contributed by atoms with Gasteiger partial charge in [-0.25, -0.2) is 4.79 Å². The number of ketones is 1. The van der Waals surface area contributed by atoms with Crippen LogP contribution in [-0.4, -0.2) is 51.5 Å². The quantitative estimate of drug-likeness (QED) is 0.268. The monoisotopic (exact) mass is 440 g/mol. The molecule has 0 heterocycles. The molecular formula is C26H32O6. The van der Waals surface area contributed by atoms with Gasteiger partial charge >= 0.3 is 5.97 Å². The van der Waals surface area contributed by atoms with E-state index in [1.165, 1.54) is 0 Å². The van der Waals surface area contributed by atoms with E-state index in [9.17, 15) is 24.9 Å². The molecule has 1 spiro atoms. The van der Waals surface area contributed by atoms with Crippen LogP contribution in [0.1, 0.15) is 41.0 Å². The van der Waals surface area contributed by atoms with Crippen LogP contribution in [0.2, 0.25) is 0 Å². The lowest BCUT2D eigenvalue weighted by Gasteiger charge is -2.48. The van der Waals surface area contributed by atoms with Crippen molar-refractivity contribution in [1.82, 2.24) is 0 Å². The third-order valence-corrected chi connectivity index (χ3v) is 8.74. The fraction of sp³-hybridized carbons (Fsp3) is 0.615. The Morgan fingerprint density at radius 2 is 2.06 bits per heavy atom. The lowest BCUT2D eigenvalue weighted by molar-refractivity contribution is -0.200. The van der Waals surface area contributed by atoms with E-state index in [4.69, 9.17) is 11.2 Å². The Morgan fingerprint density at radius 3 is 2.62 bits per heavy atom. The van der Waals surface area contributed by atoms with E-state index in [0.717, 1.165) is 0 Å². The number of carbonyl (C=O) groups is 2. The van der Waals surface area contributed by atoms with Crippen LogP contribution < -0.4 is 0 Å². The molecule has 0 aromatic heterocycles. The van der Waals surface area contributed by atoms with Crippen LogP contribution in [0.25, 0.3) is 0 Å². The summed E-state index contributed by atoms with van der Waals surface area (Å²) in [6, 6.07) is 0. The van der Waals surface area contributed by atoms with Crippen molar-refractivity contribution in [3.63, 3.8) is 0 Å². The molecule has 172 valence electrons. The molecule has 4 aliphatic carbocycles. The summed E-state index contributed by atoms with van der Waals surface area (Å²) in [6.07, 6.45) is 8.41. The normalized spacial score (nSPS) is 44.2. The molecule has 4 aliphatic rings. The second-order valence-electron chi connectivity index (χ2n) is 10.4. The third kappa shape index (κ3) is 2.59. The molecule has 0 aromatic carbocycles. The summed E-state index contributed by atoms with van der Waals surface area (Å²) in [5.41, 5.74) is -3.05. The van der Waals surface area contributed by atoms with Crippen molar-refractivity contribution >= 4 is 11.8 Å². The van der Waals surface area contributed by atoms with Gasteiger partial charge in [0.05, 0.1) is 12.0 Å². The van der Waals surface area contributed by atoms with E-state index in [2.05, 4.69) is 19.8 Å². The molecule has 0 amide bonds. The number of hydrogen-bond acceptors (Lipinski definition) is 6. The van der Waals surface area contributed by atoms with Crippen LogP contribution in [0.15, 0.2) is 34.9 Å². The van der Waals surface area contributed by atoms with Gasteiger partial charge in [-0.05, 0) is 55.6 Å². The number of rotatable bonds is 3. The summed E-state index contributed by atoms with van der Waals surface area (Å²) in [6.45, 7) is 8.56. The van der Waals surface area contributed by atoms with Gasteiger partial charge in [0, 0.05) is 17.4 Å². The van der Waals surface area contributed by atoms with E-state index in [1.54, 1.807) is 39.0 Å². The molecule has 6 heteroatoms. The van der Waals surface area contributed by atoms with Crippen molar-refractivity contribution < 1.29 is 29.6 Å². The fourth-order valence-corrected chi connectivity index (χ4v) is 6.73. The Kier molecular flexibility index (Phi) is 5.13. The molecule has 0 saturated heterocycles. The summed E-state index contributed by atoms with van der Waals surface area (Å²) < 4.78 is 5.75. The van der Waals surface area contributed by atoms with Crippen molar-refractivity contribution in [3.05, 3.63) is 34.9 Å². The summed E-state index contributed by atoms with van der Waals surface area (Å²) in [5.74, 6) is 0.648. The number of hydrogen-bond donors (Lipinski definition) is 3. The third-order valence-electron chi connectivity index (χ3n) is 8.74. The van der Waals surface area contributed by atoms with Gasteiger partial charge in [0.25, 0.3) is 0 Å². The number of Topliss-reactive ketones (excluding diaryl/α,β-unsaturated/α-hetero) is 1. The number of terminal acetylenes is 1. The topological polar surface area (TPSA) is 104 Å². The molecule has 0 radical (unpaired) electrons. The minimum atomic E-state index is -2.22. The SMILES string of the molecule is C#CC1C[C@@H]2[C@H]([C@@H]3C=C(CO)[C@@H](OC(=O)/C(C)=C\C)[C@]4(O)[C@@H](O)C(C)=C[C@@]14C3=O)C2(C)C. The standard InChI is InChI=1S/C26H32O6/c1-7-13(3)23(30)32-22-15(12-27)9-17-19-18(24(19,5)6)10-16(8-2)25(21(17)29)11-14(4)20(28)26(22,25)31/h2,7,9,11,16-20,22,27-28,31H,10,12H2,1,3-6H3/b13-7-/t16?,17-,18+,19-,20-,22+,25-,26+/m0/s1. The summed E-state index contributed by atoms with van der Waals surface area (Å²) in [5, 5.41) is 33.8. The smallest absolute Gasteiger partial charge is 0.334 e. The van der Waals surface area contributed by atoms with Gasteiger partial charge in [-0.1, -0.05) is 32.1 Å². The van der Waals surface area contributed by atoms with Gasteiger partial charge in [0.1, 0.15) is 6.10 Å².